The van der Waals surface area contributed by atoms with Crippen molar-refractivity contribution in [1.82, 2.24) is 4.98 Å². The van der Waals surface area contributed by atoms with Gasteiger partial charge >= 0.3 is 0 Å². The summed E-state index contributed by atoms with van der Waals surface area (Å²) in [5.41, 5.74) is 9.62. The molecule has 0 atom stereocenters. The average molecular weight is 679 g/mol. The highest BCUT2D eigenvalue weighted by Gasteiger charge is 2.20. The Morgan fingerprint density at radius 1 is 0.377 bits per heavy atom. The van der Waals surface area contributed by atoms with Crippen LogP contribution in [-0.2, 0) is 0 Å². The second-order valence-corrected chi connectivity index (χ2v) is 13.6. The number of oxazole rings is 1. The van der Waals surface area contributed by atoms with Gasteiger partial charge in [-0.3, -0.25) is 0 Å². The van der Waals surface area contributed by atoms with Crippen molar-refractivity contribution in [2.45, 2.75) is 0 Å². The predicted molar refractivity (Wildman–Crippen MR) is 219 cm³/mol. The first-order chi connectivity index (χ1) is 26.2. The van der Waals surface area contributed by atoms with E-state index >= 15 is 0 Å². The molecule has 0 unspecified atom stereocenters. The minimum atomic E-state index is 0.580. The Kier molecular flexibility index (Phi) is 6.52. The van der Waals surface area contributed by atoms with Gasteiger partial charge in [0.1, 0.15) is 16.7 Å². The molecule has 11 rings (SSSR count). The van der Waals surface area contributed by atoms with Crippen LogP contribution in [0.25, 0.3) is 87.9 Å². The molecule has 0 N–H and O–H groups in total. The van der Waals surface area contributed by atoms with E-state index in [0.717, 1.165) is 66.4 Å². The summed E-state index contributed by atoms with van der Waals surface area (Å²) < 4.78 is 13.0. The number of fused-ring (bicyclic) bond motifs is 7. The number of hydrogen-bond donors (Lipinski definition) is 0. The van der Waals surface area contributed by atoms with Crippen LogP contribution in [0, 0.1) is 0 Å². The van der Waals surface area contributed by atoms with Crippen LogP contribution < -0.4 is 4.90 Å². The van der Waals surface area contributed by atoms with Crippen LogP contribution in [0.15, 0.2) is 191 Å². The van der Waals surface area contributed by atoms with Crippen LogP contribution in [0.2, 0.25) is 0 Å². The quantitative estimate of drug-likeness (QED) is 0.182. The predicted octanol–water partition coefficient (Wildman–Crippen LogP) is 14.0. The molecule has 11 aromatic rings. The standard InChI is InChI=1S/C49H30N2O2/c1-2-11-34-27-38(24-19-31(34)9-1)51(37-22-20-33(21-23-37)41-16-7-14-32-10-5-6-15-40(32)41)39-25-26-42-46(30-39)52-45-18-8-17-43(48(42)45)49-50-44-28-35-12-3-4-13-36(35)29-47(44)53-49/h1-30H. The van der Waals surface area contributed by atoms with Crippen molar-refractivity contribution in [3.05, 3.63) is 182 Å². The van der Waals surface area contributed by atoms with Crippen LogP contribution in [0.4, 0.5) is 17.1 Å². The lowest BCUT2D eigenvalue weighted by Crippen LogP contribution is -2.09. The minimum absolute atomic E-state index is 0.580. The third-order valence-electron chi connectivity index (χ3n) is 10.4. The summed E-state index contributed by atoms with van der Waals surface area (Å²) in [5, 5.41) is 9.13. The average Bonchev–Trinajstić information content (AvgIpc) is 3.81. The molecule has 2 aromatic heterocycles. The first kappa shape index (κ1) is 29.5. The summed E-state index contributed by atoms with van der Waals surface area (Å²) in [5.74, 6) is 0.580. The molecule has 0 amide bonds. The van der Waals surface area contributed by atoms with Crippen molar-refractivity contribution >= 4 is 82.4 Å². The molecule has 4 heteroatoms. The van der Waals surface area contributed by atoms with E-state index in [4.69, 9.17) is 13.8 Å². The number of benzene rings is 9. The van der Waals surface area contributed by atoms with Gasteiger partial charge in [-0.2, -0.15) is 0 Å². The van der Waals surface area contributed by atoms with Gasteiger partial charge in [0, 0.05) is 39.5 Å². The Bertz CT molecular complexity index is 3130. The first-order valence-electron chi connectivity index (χ1n) is 17.9. The van der Waals surface area contributed by atoms with E-state index in [-0.39, 0.29) is 0 Å². The molecule has 0 aliphatic rings. The second kappa shape index (κ2) is 11.7. The zero-order valence-corrected chi connectivity index (χ0v) is 28.5. The summed E-state index contributed by atoms with van der Waals surface area (Å²) in [7, 11) is 0. The molecule has 0 spiro atoms. The van der Waals surface area contributed by atoms with Gasteiger partial charge in [-0.15, -0.1) is 0 Å². The Hall–Kier alpha value is -7.17. The van der Waals surface area contributed by atoms with Gasteiger partial charge in [0.25, 0.3) is 0 Å². The highest BCUT2D eigenvalue weighted by molar-refractivity contribution is 6.13. The maximum atomic E-state index is 6.61. The molecule has 0 radical (unpaired) electrons. The SMILES string of the molecule is c1ccc2cc(N(c3ccc(-c4cccc5ccccc45)cc3)c3ccc4c(c3)oc3cccc(-c5nc6cc7ccccc7cc6o5)c34)ccc2c1. The summed E-state index contributed by atoms with van der Waals surface area (Å²) in [6.45, 7) is 0. The summed E-state index contributed by atoms with van der Waals surface area (Å²) in [6.07, 6.45) is 0. The van der Waals surface area contributed by atoms with Crippen LogP contribution >= 0.6 is 0 Å². The number of nitrogens with zero attached hydrogens (tertiary/aromatic N) is 2. The lowest BCUT2D eigenvalue weighted by atomic mass is 9.98. The number of hydrogen-bond acceptors (Lipinski definition) is 4. The topological polar surface area (TPSA) is 42.4 Å². The summed E-state index contributed by atoms with van der Waals surface area (Å²) in [4.78, 5) is 7.25. The van der Waals surface area contributed by atoms with E-state index in [0.29, 0.717) is 5.89 Å². The fraction of sp³-hybridized carbons (Fsp3) is 0. The molecule has 0 saturated carbocycles. The molecule has 4 nitrogen and oxygen atoms in total. The fourth-order valence-electron chi connectivity index (χ4n) is 7.89. The van der Waals surface area contributed by atoms with E-state index in [1.165, 1.54) is 32.7 Å². The number of rotatable bonds is 5. The van der Waals surface area contributed by atoms with Gasteiger partial charge in [-0.1, -0.05) is 115 Å². The highest BCUT2D eigenvalue weighted by Crippen LogP contribution is 2.43. The van der Waals surface area contributed by atoms with Crippen LogP contribution in [0.1, 0.15) is 0 Å². The number of aromatic nitrogens is 1. The molecule has 0 aliphatic carbocycles. The van der Waals surface area contributed by atoms with Crippen molar-refractivity contribution in [2.75, 3.05) is 4.90 Å². The molecule has 0 saturated heterocycles. The van der Waals surface area contributed by atoms with Crippen molar-refractivity contribution in [3.8, 4) is 22.6 Å². The monoisotopic (exact) mass is 678 g/mol. The number of furan rings is 1. The van der Waals surface area contributed by atoms with Crippen LogP contribution in [0.3, 0.4) is 0 Å². The minimum Gasteiger partial charge on any atom is -0.456 e. The van der Waals surface area contributed by atoms with Crippen molar-refractivity contribution in [1.29, 1.82) is 0 Å². The van der Waals surface area contributed by atoms with E-state index in [1.54, 1.807) is 0 Å². The van der Waals surface area contributed by atoms with E-state index in [9.17, 15) is 0 Å². The molecule has 9 aromatic carbocycles. The van der Waals surface area contributed by atoms with Crippen molar-refractivity contribution in [2.24, 2.45) is 0 Å². The molecular weight excluding hydrogens is 649 g/mol. The Balaban J connectivity index is 1.05. The summed E-state index contributed by atoms with van der Waals surface area (Å²) in [6, 6.07) is 64.1. The Morgan fingerprint density at radius 3 is 1.87 bits per heavy atom. The lowest BCUT2D eigenvalue weighted by molar-refractivity contribution is 0.620. The van der Waals surface area contributed by atoms with E-state index < -0.39 is 0 Å². The molecule has 248 valence electrons. The zero-order valence-electron chi connectivity index (χ0n) is 28.5. The van der Waals surface area contributed by atoms with Gasteiger partial charge in [0.2, 0.25) is 5.89 Å². The normalized spacial score (nSPS) is 11.8. The third-order valence-corrected chi connectivity index (χ3v) is 10.4. The number of anilines is 3. The molecule has 0 bridgehead atoms. The maximum Gasteiger partial charge on any atom is 0.228 e. The summed E-state index contributed by atoms with van der Waals surface area (Å²) >= 11 is 0. The first-order valence-corrected chi connectivity index (χ1v) is 17.9. The van der Waals surface area contributed by atoms with Gasteiger partial charge in [-0.25, -0.2) is 4.98 Å². The Morgan fingerprint density at radius 2 is 1.02 bits per heavy atom. The zero-order chi connectivity index (χ0) is 34.9. The molecule has 53 heavy (non-hydrogen) atoms. The van der Waals surface area contributed by atoms with Gasteiger partial charge in [-0.05, 0) is 104 Å². The molecule has 0 fully saturated rings. The smallest absolute Gasteiger partial charge is 0.228 e. The van der Waals surface area contributed by atoms with Gasteiger partial charge in [0.05, 0.1) is 0 Å². The third kappa shape index (κ3) is 4.88. The lowest BCUT2D eigenvalue weighted by Gasteiger charge is -2.26. The van der Waals surface area contributed by atoms with Crippen LogP contribution in [-0.4, -0.2) is 4.98 Å². The molecule has 2 heterocycles. The van der Waals surface area contributed by atoms with E-state index in [1.807, 2.05) is 24.3 Å². The van der Waals surface area contributed by atoms with Crippen molar-refractivity contribution < 1.29 is 8.83 Å². The second-order valence-electron chi connectivity index (χ2n) is 13.6. The Labute approximate surface area is 304 Å². The van der Waals surface area contributed by atoms with Gasteiger partial charge in [0.15, 0.2) is 5.58 Å². The van der Waals surface area contributed by atoms with Crippen LogP contribution in [0.5, 0.6) is 0 Å². The fourth-order valence-corrected chi connectivity index (χ4v) is 7.89. The highest BCUT2D eigenvalue weighted by atomic mass is 16.3. The van der Waals surface area contributed by atoms with E-state index in [2.05, 4.69) is 163 Å². The van der Waals surface area contributed by atoms with Crippen molar-refractivity contribution in [3.63, 3.8) is 0 Å². The van der Waals surface area contributed by atoms with Gasteiger partial charge < -0.3 is 13.7 Å². The molecular formula is C49H30N2O2. The molecule has 0 aliphatic heterocycles. The maximum absolute atomic E-state index is 6.61. The largest absolute Gasteiger partial charge is 0.456 e.